The number of nitrogens with two attached hydrogens (primary N) is 1. The van der Waals surface area contributed by atoms with Gasteiger partial charge in [0.15, 0.2) is 0 Å². The highest BCUT2D eigenvalue weighted by Crippen LogP contribution is 2.59. The average Bonchev–Trinajstić information content (AvgIpc) is 2.75. The predicted molar refractivity (Wildman–Crippen MR) is 60.5 cm³/mol. The molecule has 2 aliphatic carbocycles. The summed E-state index contributed by atoms with van der Waals surface area (Å²) in [5, 5.41) is 0. The molecule has 86 valence electrons. The van der Waals surface area contributed by atoms with E-state index in [1.165, 1.54) is 38.5 Å². The molecule has 15 heavy (non-hydrogen) atoms. The Balaban J connectivity index is 1.47. The van der Waals surface area contributed by atoms with Gasteiger partial charge in [-0.05, 0) is 55.8 Å². The molecule has 1 saturated heterocycles. The lowest BCUT2D eigenvalue weighted by Gasteiger charge is -2.25. The van der Waals surface area contributed by atoms with Gasteiger partial charge in [-0.3, -0.25) is 0 Å². The Bertz CT molecular complexity index is 215. The molecule has 0 aromatic carbocycles. The summed E-state index contributed by atoms with van der Waals surface area (Å²) in [5.41, 5.74) is 6.36. The van der Waals surface area contributed by atoms with Crippen molar-refractivity contribution in [2.45, 2.75) is 44.6 Å². The van der Waals surface area contributed by atoms with E-state index in [2.05, 4.69) is 0 Å². The molecule has 1 heterocycles. The van der Waals surface area contributed by atoms with E-state index in [1.807, 2.05) is 0 Å². The van der Waals surface area contributed by atoms with E-state index >= 15 is 0 Å². The van der Waals surface area contributed by atoms with Gasteiger partial charge in [-0.25, -0.2) is 0 Å². The zero-order valence-corrected chi connectivity index (χ0v) is 9.53. The van der Waals surface area contributed by atoms with Crippen LogP contribution in [0.2, 0.25) is 0 Å². The minimum atomic E-state index is 0.503. The maximum atomic E-state index is 6.36. The molecule has 3 atom stereocenters. The van der Waals surface area contributed by atoms with Gasteiger partial charge in [0, 0.05) is 19.3 Å². The molecule has 0 radical (unpaired) electrons. The van der Waals surface area contributed by atoms with E-state index in [0.717, 1.165) is 36.9 Å². The van der Waals surface area contributed by atoms with E-state index in [4.69, 9.17) is 10.5 Å². The average molecular weight is 209 g/mol. The zero-order valence-electron chi connectivity index (χ0n) is 9.53. The lowest BCUT2D eigenvalue weighted by molar-refractivity contribution is 0.0607. The molecule has 3 unspecified atom stereocenters. The van der Waals surface area contributed by atoms with Crippen molar-refractivity contribution < 1.29 is 4.74 Å². The summed E-state index contributed by atoms with van der Waals surface area (Å²) in [6.45, 7) is 1.93. The van der Waals surface area contributed by atoms with E-state index in [-0.39, 0.29) is 0 Å². The van der Waals surface area contributed by atoms with Crippen LogP contribution in [0.15, 0.2) is 0 Å². The maximum absolute atomic E-state index is 6.36. The second kappa shape index (κ2) is 4.06. The summed E-state index contributed by atoms with van der Waals surface area (Å²) < 4.78 is 5.39. The van der Waals surface area contributed by atoms with Crippen molar-refractivity contribution in [3.8, 4) is 0 Å². The first-order chi connectivity index (χ1) is 7.36. The SMILES string of the molecule is NC(CC1CCOCC1)C1C2CCCC21. The quantitative estimate of drug-likeness (QED) is 0.773. The first kappa shape index (κ1) is 10.1. The van der Waals surface area contributed by atoms with Crippen LogP contribution in [0.3, 0.4) is 0 Å². The van der Waals surface area contributed by atoms with Gasteiger partial charge in [0.25, 0.3) is 0 Å². The second-order valence-corrected chi connectivity index (χ2v) is 5.79. The van der Waals surface area contributed by atoms with E-state index in [1.54, 1.807) is 0 Å². The molecule has 1 aliphatic heterocycles. The highest BCUT2D eigenvalue weighted by Gasteiger charge is 2.54. The third-order valence-electron chi connectivity index (χ3n) is 4.91. The van der Waals surface area contributed by atoms with Crippen LogP contribution in [0.5, 0.6) is 0 Å². The minimum absolute atomic E-state index is 0.503. The van der Waals surface area contributed by atoms with Crippen molar-refractivity contribution in [3.05, 3.63) is 0 Å². The Hall–Kier alpha value is -0.0800. The van der Waals surface area contributed by atoms with Gasteiger partial charge in [0.05, 0.1) is 0 Å². The Kier molecular flexibility index (Phi) is 2.73. The number of rotatable bonds is 3. The Morgan fingerprint density at radius 3 is 2.40 bits per heavy atom. The highest BCUT2D eigenvalue weighted by molar-refractivity contribution is 5.05. The van der Waals surface area contributed by atoms with Gasteiger partial charge in [-0.15, -0.1) is 0 Å². The van der Waals surface area contributed by atoms with E-state index in [0.29, 0.717) is 6.04 Å². The third kappa shape index (κ3) is 1.94. The number of hydrogen-bond acceptors (Lipinski definition) is 2. The molecule has 2 N–H and O–H groups in total. The number of fused-ring (bicyclic) bond motifs is 1. The lowest BCUT2D eigenvalue weighted by atomic mass is 9.89. The first-order valence-corrected chi connectivity index (χ1v) is 6.69. The molecule has 3 rings (SSSR count). The van der Waals surface area contributed by atoms with Crippen LogP contribution in [0, 0.1) is 23.7 Å². The van der Waals surface area contributed by atoms with Crippen LogP contribution < -0.4 is 5.73 Å². The molecule has 3 fully saturated rings. The van der Waals surface area contributed by atoms with Gasteiger partial charge < -0.3 is 10.5 Å². The Labute approximate surface area is 92.6 Å². The van der Waals surface area contributed by atoms with Gasteiger partial charge in [0.2, 0.25) is 0 Å². The van der Waals surface area contributed by atoms with Gasteiger partial charge in [0.1, 0.15) is 0 Å². The molecular formula is C13H23NO. The molecule has 0 aromatic heterocycles. The first-order valence-electron chi connectivity index (χ1n) is 6.69. The number of ether oxygens (including phenoxy) is 1. The molecule has 3 aliphatic rings. The second-order valence-electron chi connectivity index (χ2n) is 5.79. The van der Waals surface area contributed by atoms with Gasteiger partial charge >= 0.3 is 0 Å². The minimum Gasteiger partial charge on any atom is -0.381 e. The topological polar surface area (TPSA) is 35.2 Å². The van der Waals surface area contributed by atoms with Crippen molar-refractivity contribution >= 4 is 0 Å². The molecule has 2 heteroatoms. The van der Waals surface area contributed by atoms with Gasteiger partial charge in [-0.2, -0.15) is 0 Å². The fourth-order valence-electron chi connectivity index (χ4n) is 4.04. The van der Waals surface area contributed by atoms with Crippen molar-refractivity contribution in [2.75, 3.05) is 13.2 Å². The molecule has 0 bridgehead atoms. The largest absolute Gasteiger partial charge is 0.381 e. The zero-order chi connectivity index (χ0) is 10.3. The fourth-order valence-corrected chi connectivity index (χ4v) is 4.04. The molecule has 0 amide bonds. The predicted octanol–water partition coefficient (Wildman–Crippen LogP) is 2.18. The molecule has 0 aromatic rings. The van der Waals surface area contributed by atoms with Crippen molar-refractivity contribution in [2.24, 2.45) is 29.4 Å². The normalized spacial score (nSPS) is 42.6. The number of hydrogen-bond donors (Lipinski definition) is 1. The molecule has 2 nitrogen and oxygen atoms in total. The van der Waals surface area contributed by atoms with E-state index < -0.39 is 0 Å². The van der Waals surface area contributed by atoms with Crippen LogP contribution in [-0.4, -0.2) is 19.3 Å². The summed E-state index contributed by atoms with van der Waals surface area (Å²) in [6, 6.07) is 0.503. The molecule has 0 spiro atoms. The maximum Gasteiger partial charge on any atom is 0.0468 e. The highest BCUT2D eigenvalue weighted by atomic mass is 16.5. The molecule has 2 saturated carbocycles. The van der Waals surface area contributed by atoms with Crippen LogP contribution in [0.4, 0.5) is 0 Å². The van der Waals surface area contributed by atoms with Crippen LogP contribution in [0.25, 0.3) is 0 Å². The Morgan fingerprint density at radius 1 is 1.07 bits per heavy atom. The smallest absolute Gasteiger partial charge is 0.0468 e. The fraction of sp³-hybridized carbons (Fsp3) is 1.00. The summed E-state index contributed by atoms with van der Waals surface area (Å²) in [7, 11) is 0. The van der Waals surface area contributed by atoms with Gasteiger partial charge in [-0.1, -0.05) is 6.42 Å². The van der Waals surface area contributed by atoms with Crippen LogP contribution in [0.1, 0.15) is 38.5 Å². The summed E-state index contributed by atoms with van der Waals surface area (Å²) in [4.78, 5) is 0. The van der Waals surface area contributed by atoms with Crippen LogP contribution >= 0.6 is 0 Å². The monoisotopic (exact) mass is 209 g/mol. The van der Waals surface area contributed by atoms with Crippen LogP contribution in [-0.2, 0) is 4.74 Å². The summed E-state index contributed by atoms with van der Waals surface area (Å²) in [5.74, 6) is 3.82. The van der Waals surface area contributed by atoms with Crippen molar-refractivity contribution in [1.82, 2.24) is 0 Å². The standard InChI is InChI=1S/C13H23NO/c14-12(8-9-4-6-15-7-5-9)13-10-2-1-3-11(10)13/h9-13H,1-8,14H2. The lowest BCUT2D eigenvalue weighted by Crippen LogP contribution is -2.30. The summed E-state index contributed by atoms with van der Waals surface area (Å²) >= 11 is 0. The summed E-state index contributed by atoms with van der Waals surface area (Å²) in [6.07, 6.45) is 8.16. The van der Waals surface area contributed by atoms with E-state index in [9.17, 15) is 0 Å². The van der Waals surface area contributed by atoms with Crippen molar-refractivity contribution in [3.63, 3.8) is 0 Å². The van der Waals surface area contributed by atoms with Crippen molar-refractivity contribution in [1.29, 1.82) is 0 Å². The third-order valence-corrected chi connectivity index (χ3v) is 4.91. The Morgan fingerprint density at radius 2 is 1.73 bits per heavy atom. The molecular weight excluding hydrogens is 186 g/mol.